The maximum Gasteiger partial charge on any atom is 1.00 e. The summed E-state index contributed by atoms with van der Waals surface area (Å²) >= 11 is 27.8. The minimum absolute atomic E-state index is 0. The van der Waals surface area contributed by atoms with Crippen molar-refractivity contribution in [3.05, 3.63) is 274 Å². The fourth-order valence-electron chi connectivity index (χ4n) is 13.4. The molecule has 3 fully saturated rings. The van der Waals surface area contributed by atoms with Crippen molar-refractivity contribution in [1.29, 1.82) is 0 Å². The molecular weight excluding hydrogens is 1660 g/mol. The van der Waals surface area contributed by atoms with Gasteiger partial charge in [-0.2, -0.15) is 4.90 Å². The number of aliphatic hydroxyl groups is 1. The predicted octanol–water partition coefficient (Wildman–Crippen LogP) is 19.2. The van der Waals surface area contributed by atoms with Crippen LogP contribution < -0.4 is 29.6 Å². The third-order valence-corrected chi connectivity index (χ3v) is 26.1. The van der Waals surface area contributed by atoms with E-state index in [0.29, 0.717) is 44.7 Å². The van der Waals surface area contributed by atoms with Gasteiger partial charge in [0.05, 0.1) is 99.9 Å². The van der Waals surface area contributed by atoms with E-state index in [1.165, 1.54) is 23.5 Å². The van der Waals surface area contributed by atoms with E-state index < -0.39 is 26.2 Å². The van der Waals surface area contributed by atoms with E-state index >= 15 is 0 Å². The molecule has 7 aromatic carbocycles. The Labute approximate surface area is 753 Å². The minimum atomic E-state index is -0.711. The Kier molecular flexibility index (Phi) is 35.6. The van der Waals surface area contributed by atoms with Crippen molar-refractivity contribution in [3.63, 3.8) is 0 Å². The maximum atomic E-state index is 12.4. The zero-order valence-corrected chi connectivity index (χ0v) is 75.3. The SMILES string of the molecule is C=Cc1ccc2nccc(Cl)c2c1.CCOC(=O)C1(Sc2ccnc3ccc(COC)cc23)CCC1.COCc1ccc2nccc(Cl)c2c1.COCc1ccc2nccc(SC3(C(=O)O)CCC3)c2c1.COCc1ccc2nccc(SC3(C(=O)O)CCC3)c2c1.COCc1ccc2nccc([S-])c2c1.OCc1ccc2nccc(Cl)c2c1.[Na+]. The van der Waals surface area contributed by atoms with E-state index in [2.05, 4.69) is 47.5 Å². The number of pyridine rings is 7. The summed E-state index contributed by atoms with van der Waals surface area (Å²) in [6, 6.07) is 54.5. The Balaban J connectivity index is 0.000000149. The monoisotopic (exact) mass is 1750 g/mol. The Bertz CT molecular complexity index is 5690. The molecule has 120 heavy (non-hydrogen) atoms. The Hall–Kier alpha value is -8.54. The molecule has 19 nitrogen and oxygen atoms in total. The Morgan fingerprint density at radius 2 is 0.675 bits per heavy atom. The molecule has 3 N–H and O–H groups in total. The molecule has 616 valence electrons. The van der Waals surface area contributed by atoms with Gasteiger partial charge in [0.25, 0.3) is 0 Å². The fraction of sp³-hybridized carbons (Fsp3) is 0.269. The number of aromatic nitrogens is 7. The second-order valence-corrected chi connectivity index (χ2v) is 34.1. The molecule has 3 aliphatic rings. The van der Waals surface area contributed by atoms with Crippen molar-refractivity contribution in [1.82, 2.24) is 34.9 Å². The minimum Gasteiger partial charge on any atom is -0.779 e. The molecule has 7 heterocycles. The molecule has 0 saturated heterocycles. The molecule has 0 aliphatic heterocycles. The van der Waals surface area contributed by atoms with Crippen molar-refractivity contribution in [2.75, 3.05) is 42.2 Å². The standard InChI is InChI=1S/C18H21NO3S.2C16H17NO3S.C11H10ClNO.C11H8ClN.C11H11NOS.C10H8ClNO.Na/c1-3-22-17(20)18(8-4-9-18)23-16-7-10-19-15-6-5-13(12-21-2)11-14(15)16;2*1-20-10-11-3-4-13-12(9-11)14(5-8-17-13)21-16(15(18)19)6-2-7-16;1-14-7-8-2-3-11-9(6-8)10(12)4-5-13-11;1-2-8-3-4-11-9(7-8)10(12)5-6-13-11;1-13-7-8-2-3-10-9(6-8)11(14)4-5-12-10;11-9-3-4-12-10-2-1-7(6-13)5-8(9)10;/h5-7,10-11H,3-4,8-9,12H2,1-2H3;2*3-5,8-9H,2,6-7,10H2,1H3,(H,18,19);2-6H,7H2,1H3;2-7H,1H2;2-6H,7H2,1H3,(H,12,14);1-5,13H,6H2;/q;;;;;;;+1/p-1. The van der Waals surface area contributed by atoms with Crippen molar-refractivity contribution >= 4 is 183 Å². The third kappa shape index (κ3) is 24.0. The van der Waals surface area contributed by atoms with Gasteiger partial charge in [0.1, 0.15) is 14.2 Å². The number of carbonyl (C=O) groups excluding carboxylic acids is 1. The van der Waals surface area contributed by atoms with Crippen LogP contribution in [0.5, 0.6) is 0 Å². The molecule has 0 atom stereocenters. The van der Waals surface area contributed by atoms with Gasteiger partial charge in [-0.25, -0.2) is 0 Å². The topological polar surface area (TPSA) is 258 Å². The van der Waals surface area contributed by atoms with Crippen LogP contribution in [0.2, 0.25) is 15.1 Å². The van der Waals surface area contributed by atoms with E-state index in [0.717, 1.165) is 203 Å². The molecule has 17 rings (SSSR count). The Morgan fingerprint density at radius 1 is 0.400 bits per heavy atom. The molecule has 0 unspecified atom stereocenters. The number of ether oxygens (including phenoxy) is 6. The summed E-state index contributed by atoms with van der Waals surface area (Å²) in [4.78, 5) is 69.3. The van der Waals surface area contributed by atoms with Gasteiger partial charge in [0.15, 0.2) is 0 Å². The number of thioether (sulfide) groups is 3. The second kappa shape index (κ2) is 45.5. The van der Waals surface area contributed by atoms with Gasteiger partial charge in [-0.1, -0.05) is 96.0 Å². The van der Waals surface area contributed by atoms with Gasteiger partial charge in [0.2, 0.25) is 0 Å². The zero-order chi connectivity index (χ0) is 84.5. The molecule has 0 amide bonds. The summed E-state index contributed by atoms with van der Waals surface area (Å²) in [5.41, 5.74) is 13.7. The summed E-state index contributed by atoms with van der Waals surface area (Å²) in [5.74, 6) is -1.51. The molecule has 0 radical (unpaired) electrons. The van der Waals surface area contributed by atoms with Crippen molar-refractivity contribution in [2.24, 2.45) is 0 Å². The average molecular weight is 1760 g/mol. The van der Waals surface area contributed by atoms with Crippen molar-refractivity contribution in [2.45, 2.75) is 138 Å². The van der Waals surface area contributed by atoms with Crippen LogP contribution in [0.3, 0.4) is 0 Å². The maximum absolute atomic E-state index is 12.4. The van der Waals surface area contributed by atoms with Crippen LogP contribution in [0.15, 0.2) is 239 Å². The smallest absolute Gasteiger partial charge is 0.779 e. The molecular formula is C93H91Cl3N7NaO12S4. The molecule has 14 aromatic rings. The summed E-state index contributed by atoms with van der Waals surface area (Å²) in [6.45, 7) is 8.87. The molecule has 3 aliphatic carbocycles. The quantitative estimate of drug-likeness (QED) is 0.0324. The zero-order valence-electron chi connectivity index (χ0n) is 67.7. The van der Waals surface area contributed by atoms with Crippen LogP contribution in [0, 0.1) is 0 Å². The fourth-order valence-corrected chi connectivity index (χ4v) is 18.5. The van der Waals surface area contributed by atoms with Gasteiger partial charge in [-0.3, -0.25) is 49.3 Å². The first-order chi connectivity index (χ1) is 57.7. The summed E-state index contributed by atoms with van der Waals surface area (Å²) in [6.07, 6.45) is 21.6. The van der Waals surface area contributed by atoms with Crippen LogP contribution >= 0.6 is 70.1 Å². The van der Waals surface area contributed by atoms with Crippen molar-refractivity contribution < 1.29 is 87.7 Å². The number of hydrogen-bond acceptors (Lipinski definition) is 21. The normalized spacial score (nSPS) is 13.7. The van der Waals surface area contributed by atoms with Crippen LogP contribution in [-0.4, -0.2) is 125 Å². The number of fused-ring (bicyclic) bond motifs is 7. The number of hydrogen-bond donors (Lipinski definition) is 3. The van der Waals surface area contributed by atoms with Crippen LogP contribution in [0.25, 0.3) is 82.4 Å². The predicted molar refractivity (Wildman–Crippen MR) is 482 cm³/mol. The number of aliphatic carboxylic acids is 2. The third-order valence-electron chi connectivity index (χ3n) is 20.1. The van der Waals surface area contributed by atoms with Crippen LogP contribution in [-0.2, 0) is 95.1 Å². The first-order valence-electron chi connectivity index (χ1n) is 38.4. The molecule has 7 aromatic heterocycles. The van der Waals surface area contributed by atoms with E-state index in [-0.39, 0.29) is 42.1 Å². The van der Waals surface area contributed by atoms with Crippen LogP contribution in [0.4, 0.5) is 0 Å². The first kappa shape index (κ1) is 93.7. The number of benzene rings is 7. The number of methoxy groups -OCH3 is 5. The Morgan fingerprint density at radius 3 is 0.983 bits per heavy atom. The molecule has 27 heteroatoms. The molecule has 0 spiro atoms. The number of carboxylic acids is 2. The first-order valence-corrected chi connectivity index (χ1v) is 42.4. The largest absolute Gasteiger partial charge is 1.00 e. The second-order valence-electron chi connectivity index (χ2n) is 28.2. The van der Waals surface area contributed by atoms with E-state index in [4.69, 9.17) is 81.0 Å². The summed E-state index contributed by atoms with van der Waals surface area (Å²) < 4.78 is 29.2. The van der Waals surface area contributed by atoms with Gasteiger partial charge >= 0.3 is 47.5 Å². The molecule has 3 saturated carbocycles. The van der Waals surface area contributed by atoms with E-state index in [9.17, 15) is 24.6 Å². The summed E-state index contributed by atoms with van der Waals surface area (Å²) in [7, 11) is 8.37. The number of halogens is 3. The number of carbonyl (C=O) groups is 3. The van der Waals surface area contributed by atoms with Gasteiger partial charge in [-0.15, -0.1) is 35.3 Å². The van der Waals surface area contributed by atoms with E-state index in [1.54, 1.807) is 115 Å². The van der Waals surface area contributed by atoms with Gasteiger partial charge < -0.3 is 56.4 Å². The number of rotatable bonds is 22. The average Bonchev–Trinajstić information content (AvgIpc) is 0.776. The number of esters is 1. The van der Waals surface area contributed by atoms with Gasteiger partial charge in [-0.05, 0) is 230 Å². The van der Waals surface area contributed by atoms with Crippen LogP contribution in [0.1, 0.15) is 104 Å². The summed E-state index contributed by atoms with van der Waals surface area (Å²) in [5, 5.41) is 37.0. The molecule has 0 bridgehead atoms. The van der Waals surface area contributed by atoms with Gasteiger partial charge in [0, 0.05) is 126 Å². The number of nitrogens with zero attached hydrogens (tertiary/aromatic N) is 7. The number of carboxylic acid groups (broad SMARTS) is 2. The van der Waals surface area contributed by atoms with E-state index in [1.807, 2.05) is 153 Å². The number of aliphatic hydroxyl groups excluding tert-OH is 1. The van der Waals surface area contributed by atoms with Crippen molar-refractivity contribution in [3.8, 4) is 0 Å².